The minimum atomic E-state index is 0.516. The predicted molar refractivity (Wildman–Crippen MR) is 105 cm³/mol. The molecule has 26 heavy (non-hydrogen) atoms. The van der Waals surface area contributed by atoms with Crippen LogP contribution in [0.3, 0.4) is 0 Å². The Hall–Kier alpha value is -3.02. The van der Waals surface area contributed by atoms with Gasteiger partial charge in [0.25, 0.3) is 0 Å². The van der Waals surface area contributed by atoms with Crippen LogP contribution in [0, 0.1) is 6.92 Å². The molecule has 6 heteroatoms. The summed E-state index contributed by atoms with van der Waals surface area (Å²) in [5, 5.41) is 11.6. The maximum absolute atomic E-state index is 4.63. The minimum absolute atomic E-state index is 0.516. The largest absolute Gasteiger partial charge is 0.358 e. The van der Waals surface area contributed by atoms with Crippen molar-refractivity contribution in [2.24, 2.45) is 0 Å². The van der Waals surface area contributed by atoms with Gasteiger partial charge in [0.1, 0.15) is 0 Å². The molecule has 0 saturated carbocycles. The Morgan fingerprint density at radius 1 is 1.12 bits per heavy atom. The molecule has 1 N–H and O–H groups in total. The molecule has 0 amide bonds. The molecule has 0 unspecified atom stereocenters. The fraction of sp³-hybridized carbons (Fsp3) is 0.300. The monoisotopic (exact) mass is 348 g/mol. The highest BCUT2D eigenvalue weighted by Gasteiger charge is 2.09. The average molecular weight is 348 g/mol. The zero-order chi connectivity index (χ0) is 18.4. The highest BCUT2D eigenvalue weighted by Crippen LogP contribution is 2.24. The molecule has 0 saturated heterocycles. The van der Waals surface area contributed by atoms with Gasteiger partial charge in [-0.1, -0.05) is 25.1 Å². The molecular formula is C20H24N6. The lowest BCUT2D eigenvalue weighted by atomic mass is 10.1. The Kier molecular flexibility index (Phi) is 5.73. The molecule has 134 valence electrons. The van der Waals surface area contributed by atoms with E-state index in [9.17, 15) is 0 Å². The van der Waals surface area contributed by atoms with Crippen molar-refractivity contribution in [1.82, 2.24) is 20.2 Å². The SMILES string of the molecule is CCc1cccc(C)c1Nc1nncc(N(C)CCc2ccncc2)n1. The summed E-state index contributed by atoms with van der Waals surface area (Å²) >= 11 is 0. The zero-order valence-electron chi connectivity index (χ0n) is 15.5. The molecule has 3 aromatic rings. The zero-order valence-corrected chi connectivity index (χ0v) is 15.5. The molecule has 0 aliphatic carbocycles. The number of nitrogens with one attached hydrogen (secondary N) is 1. The van der Waals surface area contributed by atoms with Crippen LogP contribution in [0.15, 0.2) is 48.9 Å². The molecule has 0 radical (unpaired) electrons. The maximum atomic E-state index is 4.63. The fourth-order valence-electron chi connectivity index (χ4n) is 2.81. The van der Waals surface area contributed by atoms with Crippen LogP contribution < -0.4 is 10.2 Å². The lowest BCUT2D eigenvalue weighted by molar-refractivity contribution is 0.839. The minimum Gasteiger partial charge on any atom is -0.358 e. The van der Waals surface area contributed by atoms with Crippen LogP contribution in [0.1, 0.15) is 23.6 Å². The van der Waals surface area contributed by atoms with Crippen LogP contribution in [-0.2, 0) is 12.8 Å². The summed E-state index contributed by atoms with van der Waals surface area (Å²) in [6.07, 6.45) is 7.19. The molecule has 3 rings (SSSR count). The van der Waals surface area contributed by atoms with Crippen LogP contribution in [0.25, 0.3) is 0 Å². The highest BCUT2D eigenvalue weighted by molar-refractivity contribution is 5.63. The first-order valence-corrected chi connectivity index (χ1v) is 8.82. The Morgan fingerprint density at radius 3 is 2.69 bits per heavy atom. The van der Waals surface area contributed by atoms with Gasteiger partial charge in [0, 0.05) is 31.7 Å². The first-order valence-electron chi connectivity index (χ1n) is 8.82. The summed E-state index contributed by atoms with van der Waals surface area (Å²) in [5.41, 5.74) is 4.72. The third kappa shape index (κ3) is 4.33. The number of para-hydroxylation sites is 1. The molecule has 6 nitrogen and oxygen atoms in total. The van der Waals surface area contributed by atoms with E-state index in [1.54, 1.807) is 6.20 Å². The molecule has 2 heterocycles. The number of hydrogen-bond donors (Lipinski definition) is 1. The number of hydrogen-bond acceptors (Lipinski definition) is 6. The summed E-state index contributed by atoms with van der Waals surface area (Å²) < 4.78 is 0. The number of anilines is 3. The normalized spacial score (nSPS) is 10.6. The summed E-state index contributed by atoms with van der Waals surface area (Å²) in [4.78, 5) is 10.8. The summed E-state index contributed by atoms with van der Waals surface area (Å²) in [6.45, 7) is 5.06. The number of nitrogens with zero attached hydrogens (tertiary/aromatic N) is 5. The van der Waals surface area contributed by atoms with Gasteiger partial charge >= 0.3 is 0 Å². The Bertz CT molecular complexity index is 850. The summed E-state index contributed by atoms with van der Waals surface area (Å²) in [6, 6.07) is 10.3. The Labute approximate surface area is 154 Å². The van der Waals surface area contributed by atoms with Crippen molar-refractivity contribution in [2.75, 3.05) is 23.8 Å². The van der Waals surface area contributed by atoms with E-state index in [2.05, 4.69) is 62.4 Å². The van der Waals surface area contributed by atoms with Gasteiger partial charge in [-0.25, -0.2) is 0 Å². The summed E-state index contributed by atoms with van der Waals surface area (Å²) in [5.74, 6) is 1.31. The molecule has 0 spiro atoms. The van der Waals surface area contributed by atoms with Crippen molar-refractivity contribution in [2.45, 2.75) is 26.7 Å². The Morgan fingerprint density at radius 2 is 1.92 bits per heavy atom. The fourth-order valence-corrected chi connectivity index (χ4v) is 2.81. The molecule has 0 atom stereocenters. The van der Waals surface area contributed by atoms with Crippen LogP contribution in [-0.4, -0.2) is 33.8 Å². The molecular weight excluding hydrogens is 324 g/mol. The van der Waals surface area contributed by atoms with Gasteiger partial charge in [-0.15, -0.1) is 5.10 Å². The highest BCUT2D eigenvalue weighted by atomic mass is 15.3. The quantitative estimate of drug-likeness (QED) is 0.704. The molecule has 0 aliphatic rings. The molecule has 0 fully saturated rings. The number of pyridine rings is 1. The maximum Gasteiger partial charge on any atom is 0.249 e. The van der Waals surface area contributed by atoms with Crippen molar-refractivity contribution in [3.63, 3.8) is 0 Å². The molecule has 0 bridgehead atoms. The van der Waals surface area contributed by atoms with Crippen molar-refractivity contribution in [1.29, 1.82) is 0 Å². The van der Waals surface area contributed by atoms with Crippen molar-refractivity contribution < 1.29 is 0 Å². The van der Waals surface area contributed by atoms with Gasteiger partial charge < -0.3 is 10.2 Å². The Balaban J connectivity index is 1.72. The molecule has 2 aromatic heterocycles. The van der Waals surface area contributed by atoms with Gasteiger partial charge in [0.2, 0.25) is 5.95 Å². The van der Waals surface area contributed by atoms with Gasteiger partial charge in [-0.2, -0.15) is 10.1 Å². The van der Waals surface area contributed by atoms with E-state index >= 15 is 0 Å². The predicted octanol–water partition coefficient (Wildman–Crippen LogP) is 3.56. The van der Waals surface area contributed by atoms with Crippen LogP contribution in [0.2, 0.25) is 0 Å². The number of rotatable bonds is 7. The van der Waals surface area contributed by atoms with E-state index in [-0.39, 0.29) is 0 Å². The number of benzene rings is 1. The standard InChI is InChI=1S/C20H24N6/c1-4-17-7-5-6-15(2)19(17)24-20-23-18(14-22-25-20)26(3)13-10-16-8-11-21-12-9-16/h5-9,11-12,14H,4,10,13H2,1-3H3,(H,23,24,25). The number of likely N-dealkylation sites (N-methyl/N-ethyl adjacent to an activating group) is 1. The van der Waals surface area contributed by atoms with Gasteiger partial charge in [-0.05, 0) is 48.6 Å². The van der Waals surface area contributed by atoms with E-state index in [0.29, 0.717) is 5.95 Å². The van der Waals surface area contributed by atoms with E-state index < -0.39 is 0 Å². The van der Waals surface area contributed by atoms with Crippen LogP contribution >= 0.6 is 0 Å². The molecule has 1 aromatic carbocycles. The van der Waals surface area contributed by atoms with E-state index in [4.69, 9.17) is 0 Å². The second-order valence-corrected chi connectivity index (χ2v) is 6.25. The average Bonchev–Trinajstić information content (AvgIpc) is 2.68. The summed E-state index contributed by atoms with van der Waals surface area (Å²) in [7, 11) is 2.01. The van der Waals surface area contributed by atoms with Crippen molar-refractivity contribution >= 4 is 17.5 Å². The topological polar surface area (TPSA) is 66.8 Å². The third-order valence-electron chi connectivity index (χ3n) is 4.40. The first-order chi connectivity index (χ1) is 12.7. The van der Waals surface area contributed by atoms with Crippen molar-refractivity contribution in [3.8, 4) is 0 Å². The number of aryl methyl sites for hydroxylation is 2. The van der Waals surface area contributed by atoms with E-state index in [1.807, 2.05) is 31.6 Å². The van der Waals surface area contributed by atoms with E-state index in [0.717, 1.165) is 30.9 Å². The van der Waals surface area contributed by atoms with E-state index in [1.165, 1.54) is 16.7 Å². The van der Waals surface area contributed by atoms with Crippen molar-refractivity contribution in [3.05, 3.63) is 65.6 Å². The second kappa shape index (κ2) is 8.38. The lowest BCUT2D eigenvalue weighted by Crippen LogP contribution is -2.22. The van der Waals surface area contributed by atoms with Crippen LogP contribution in [0.5, 0.6) is 0 Å². The lowest BCUT2D eigenvalue weighted by Gasteiger charge is -2.18. The number of aromatic nitrogens is 4. The van der Waals surface area contributed by atoms with Gasteiger partial charge in [-0.3, -0.25) is 4.98 Å². The van der Waals surface area contributed by atoms with Gasteiger partial charge in [0.15, 0.2) is 5.82 Å². The third-order valence-corrected chi connectivity index (χ3v) is 4.40. The van der Waals surface area contributed by atoms with Gasteiger partial charge in [0.05, 0.1) is 6.20 Å². The second-order valence-electron chi connectivity index (χ2n) is 6.25. The van der Waals surface area contributed by atoms with Crippen LogP contribution in [0.4, 0.5) is 17.5 Å². The first kappa shape index (κ1) is 17.8. The molecule has 0 aliphatic heterocycles. The smallest absolute Gasteiger partial charge is 0.249 e.